The second kappa shape index (κ2) is 6.41. The standard InChI is InChI=1S/C16H15ClN2OS/c1-21-10-12-5-4-11(20-12)9-19-15-7-6-14(17)13-3-2-8-18-16(13)15/h2-8,19H,9-10H2,1H3. The van der Waals surface area contributed by atoms with Crippen LogP contribution >= 0.6 is 23.4 Å². The molecule has 0 fully saturated rings. The molecule has 3 aromatic rings. The van der Waals surface area contributed by atoms with Gasteiger partial charge in [-0.3, -0.25) is 4.98 Å². The predicted molar refractivity (Wildman–Crippen MR) is 90.0 cm³/mol. The van der Waals surface area contributed by atoms with Gasteiger partial charge in [-0.2, -0.15) is 11.8 Å². The molecule has 1 aromatic carbocycles. The number of hydrogen-bond acceptors (Lipinski definition) is 4. The second-order valence-corrected chi connectivity index (χ2v) is 5.92. The van der Waals surface area contributed by atoms with E-state index in [0.29, 0.717) is 11.6 Å². The van der Waals surface area contributed by atoms with Crippen molar-refractivity contribution in [1.82, 2.24) is 4.98 Å². The van der Waals surface area contributed by atoms with Gasteiger partial charge in [0.2, 0.25) is 0 Å². The molecular weight excluding hydrogens is 304 g/mol. The number of nitrogens with zero attached hydrogens (tertiary/aromatic N) is 1. The molecule has 0 aliphatic heterocycles. The van der Waals surface area contributed by atoms with Crippen molar-refractivity contribution in [2.45, 2.75) is 12.3 Å². The van der Waals surface area contributed by atoms with Crippen LogP contribution in [-0.2, 0) is 12.3 Å². The lowest BCUT2D eigenvalue weighted by Gasteiger charge is -2.08. The number of furan rings is 1. The van der Waals surface area contributed by atoms with Crippen molar-refractivity contribution < 1.29 is 4.42 Å². The number of benzene rings is 1. The smallest absolute Gasteiger partial charge is 0.123 e. The molecule has 0 aliphatic rings. The fraction of sp³-hybridized carbons (Fsp3) is 0.188. The maximum absolute atomic E-state index is 6.20. The molecule has 0 aliphatic carbocycles. The molecule has 108 valence electrons. The van der Waals surface area contributed by atoms with Crippen molar-refractivity contribution in [1.29, 1.82) is 0 Å². The highest BCUT2D eigenvalue weighted by Crippen LogP contribution is 2.28. The number of aromatic nitrogens is 1. The fourth-order valence-electron chi connectivity index (χ4n) is 2.20. The van der Waals surface area contributed by atoms with Gasteiger partial charge in [0.25, 0.3) is 0 Å². The molecule has 0 bridgehead atoms. The fourth-order valence-corrected chi connectivity index (χ4v) is 2.86. The lowest BCUT2D eigenvalue weighted by Crippen LogP contribution is -1.99. The zero-order valence-corrected chi connectivity index (χ0v) is 13.2. The van der Waals surface area contributed by atoms with Crippen LogP contribution in [0, 0.1) is 0 Å². The molecule has 3 nitrogen and oxygen atoms in total. The third kappa shape index (κ3) is 3.17. The Morgan fingerprint density at radius 1 is 1.19 bits per heavy atom. The summed E-state index contributed by atoms with van der Waals surface area (Å²) in [5.74, 6) is 2.81. The molecule has 0 amide bonds. The zero-order chi connectivity index (χ0) is 14.7. The number of pyridine rings is 1. The highest BCUT2D eigenvalue weighted by molar-refractivity contribution is 7.97. The van der Waals surface area contributed by atoms with Crippen molar-refractivity contribution in [3.63, 3.8) is 0 Å². The van der Waals surface area contributed by atoms with E-state index in [1.807, 2.05) is 36.4 Å². The third-order valence-electron chi connectivity index (χ3n) is 3.17. The molecule has 0 atom stereocenters. The first kappa shape index (κ1) is 14.3. The maximum Gasteiger partial charge on any atom is 0.123 e. The van der Waals surface area contributed by atoms with Crippen molar-refractivity contribution in [3.05, 3.63) is 59.1 Å². The predicted octanol–water partition coefficient (Wildman–Crippen LogP) is 4.96. The lowest BCUT2D eigenvalue weighted by molar-refractivity contribution is 0.487. The normalized spacial score (nSPS) is 11.0. The van der Waals surface area contributed by atoms with E-state index in [4.69, 9.17) is 16.0 Å². The van der Waals surface area contributed by atoms with Crippen molar-refractivity contribution in [2.24, 2.45) is 0 Å². The van der Waals surface area contributed by atoms with Gasteiger partial charge in [-0.1, -0.05) is 11.6 Å². The number of rotatable bonds is 5. The minimum atomic E-state index is 0.627. The van der Waals surface area contributed by atoms with Crippen molar-refractivity contribution in [2.75, 3.05) is 11.6 Å². The molecule has 5 heteroatoms. The number of fused-ring (bicyclic) bond motifs is 1. The topological polar surface area (TPSA) is 38.1 Å². The van der Waals surface area contributed by atoms with Gasteiger partial charge in [-0.05, 0) is 42.7 Å². The van der Waals surface area contributed by atoms with Crippen LogP contribution in [0.25, 0.3) is 10.9 Å². The SMILES string of the molecule is CSCc1ccc(CNc2ccc(Cl)c3cccnc23)o1. The van der Waals surface area contributed by atoms with Gasteiger partial charge in [0.1, 0.15) is 11.5 Å². The van der Waals surface area contributed by atoms with Gasteiger partial charge in [0.15, 0.2) is 0 Å². The Morgan fingerprint density at radius 3 is 2.90 bits per heavy atom. The van der Waals surface area contributed by atoms with Crippen LogP contribution in [0.1, 0.15) is 11.5 Å². The Bertz CT molecular complexity index is 757. The van der Waals surface area contributed by atoms with Gasteiger partial charge in [-0.15, -0.1) is 0 Å². The molecule has 0 saturated heterocycles. The average Bonchev–Trinajstić information content (AvgIpc) is 2.95. The summed E-state index contributed by atoms with van der Waals surface area (Å²) < 4.78 is 5.75. The van der Waals surface area contributed by atoms with Gasteiger partial charge in [-0.25, -0.2) is 0 Å². The van der Waals surface area contributed by atoms with Crippen LogP contribution in [0.4, 0.5) is 5.69 Å². The van der Waals surface area contributed by atoms with Gasteiger partial charge < -0.3 is 9.73 Å². The number of halogens is 1. The van der Waals surface area contributed by atoms with Crippen LogP contribution in [0.5, 0.6) is 0 Å². The van der Waals surface area contributed by atoms with Gasteiger partial charge in [0.05, 0.1) is 28.5 Å². The van der Waals surface area contributed by atoms with E-state index in [1.165, 1.54) is 0 Å². The summed E-state index contributed by atoms with van der Waals surface area (Å²) in [5.41, 5.74) is 1.83. The largest absolute Gasteiger partial charge is 0.463 e. The first-order valence-electron chi connectivity index (χ1n) is 6.61. The van der Waals surface area contributed by atoms with E-state index in [1.54, 1.807) is 18.0 Å². The quantitative estimate of drug-likeness (QED) is 0.722. The molecule has 21 heavy (non-hydrogen) atoms. The Labute approximate surface area is 132 Å². The molecule has 2 aromatic heterocycles. The van der Waals surface area contributed by atoms with Gasteiger partial charge in [0, 0.05) is 11.6 Å². The number of hydrogen-bond donors (Lipinski definition) is 1. The molecule has 2 heterocycles. The summed E-state index contributed by atoms with van der Waals surface area (Å²) in [7, 11) is 0. The Balaban J connectivity index is 1.80. The summed E-state index contributed by atoms with van der Waals surface area (Å²) in [6, 6.07) is 11.7. The van der Waals surface area contributed by atoms with E-state index >= 15 is 0 Å². The average molecular weight is 319 g/mol. The minimum absolute atomic E-state index is 0.627. The first-order valence-corrected chi connectivity index (χ1v) is 8.39. The van der Waals surface area contributed by atoms with Crippen LogP contribution in [0.2, 0.25) is 5.02 Å². The highest BCUT2D eigenvalue weighted by Gasteiger charge is 2.07. The molecule has 0 saturated carbocycles. The maximum atomic E-state index is 6.20. The monoisotopic (exact) mass is 318 g/mol. The van der Waals surface area contributed by atoms with Crippen molar-refractivity contribution >= 4 is 40.0 Å². The van der Waals surface area contributed by atoms with Crippen LogP contribution in [0.15, 0.2) is 47.0 Å². The number of nitrogens with one attached hydrogen (secondary N) is 1. The molecule has 3 rings (SSSR count). The second-order valence-electron chi connectivity index (χ2n) is 4.65. The zero-order valence-electron chi connectivity index (χ0n) is 11.6. The minimum Gasteiger partial charge on any atom is -0.463 e. The Kier molecular flexibility index (Phi) is 4.36. The first-order chi connectivity index (χ1) is 10.3. The lowest BCUT2D eigenvalue weighted by atomic mass is 10.2. The Hall–Kier alpha value is -1.65. The molecular formula is C16H15ClN2OS. The van der Waals surface area contributed by atoms with E-state index in [2.05, 4.69) is 16.6 Å². The number of thioether (sulfide) groups is 1. The summed E-state index contributed by atoms with van der Waals surface area (Å²) in [4.78, 5) is 4.41. The summed E-state index contributed by atoms with van der Waals surface area (Å²) in [5, 5.41) is 5.03. The van der Waals surface area contributed by atoms with Crippen molar-refractivity contribution in [3.8, 4) is 0 Å². The summed E-state index contributed by atoms with van der Waals surface area (Å²) in [6.45, 7) is 0.627. The van der Waals surface area contributed by atoms with E-state index < -0.39 is 0 Å². The van der Waals surface area contributed by atoms with Crippen LogP contribution < -0.4 is 5.32 Å². The Morgan fingerprint density at radius 2 is 2.05 bits per heavy atom. The third-order valence-corrected chi connectivity index (χ3v) is 4.08. The van der Waals surface area contributed by atoms with E-state index in [9.17, 15) is 0 Å². The molecule has 0 spiro atoms. The van der Waals surface area contributed by atoms with Crippen LogP contribution in [0.3, 0.4) is 0 Å². The van der Waals surface area contributed by atoms with Gasteiger partial charge >= 0.3 is 0 Å². The molecule has 0 unspecified atom stereocenters. The van der Waals surface area contributed by atoms with E-state index in [0.717, 1.165) is 33.9 Å². The highest BCUT2D eigenvalue weighted by atomic mass is 35.5. The summed E-state index contributed by atoms with van der Waals surface area (Å²) >= 11 is 7.94. The van der Waals surface area contributed by atoms with E-state index in [-0.39, 0.29) is 0 Å². The molecule has 0 radical (unpaired) electrons. The van der Waals surface area contributed by atoms with Crippen LogP contribution in [-0.4, -0.2) is 11.2 Å². The summed E-state index contributed by atoms with van der Waals surface area (Å²) in [6.07, 6.45) is 3.83. The molecule has 1 N–H and O–H groups in total. The number of anilines is 1.